The van der Waals surface area contributed by atoms with E-state index >= 15 is 0 Å². The standard InChI is InChI=1S/C18H21N4O/c1-3-7-17-16(12-15-8-5-4-6-9-15)20-14-22(17,2)18(23)21-11-10-19-13-21/h4-6,8-11,13-14H,3,7,12H2,1-2H3/q+1. The third-order valence-corrected chi connectivity index (χ3v) is 4.16. The molecule has 0 bridgehead atoms. The van der Waals surface area contributed by atoms with E-state index in [1.807, 2.05) is 25.2 Å². The fraction of sp³-hybridized carbons (Fsp3) is 0.278. The Balaban J connectivity index is 1.95. The average molecular weight is 309 g/mol. The predicted octanol–water partition coefficient (Wildman–Crippen LogP) is 3.59. The lowest BCUT2D eigenvalue weighted by Crippen LogP contribution is -2.47. The van der Waals surface area contributed by atoms with Crippen LogP contribution >= 0.6 is 0 Å². The number of quaternary nitrogens is 1. The van der Waals surface area contributed by atoms with Crippen LogP contribution in [-0.2, 0) is 6.42 Å². The van der Waals surface area contributed by atoms with Crippen LogP contribution in [-0.4, -0.2) is 33.5 Å². The number of amides is 1. The van der Waals surface area contributed by atoms with Crippen molar-refractivity contribution in [2.75, 3.05) is 7.05 Å². The number of aromatic nitrogens is 2. The summed E-state index contributed by atoms with van der Waals surface area (Å²) in [7, 11) is 1.90. The summed E-state index contributed by atoms with van der Waals surface area (Å²) in [5, 5.41) is 0. The van der Waals surface area contributed by atoms with Gasteiger partial charge in [-0.2, -0.15) is 4.48 Å². The maximum Gasteiger partial charge on any atom is 0.439 e. The van der Waals surface area contributed by atoms with Crippen molar-refractivity contribution in [2.24, 2.45) is 4.99 Å². The Bertz CT molecular complexity index is 747. The highest BCUT2D eigenvalue weighted by Gasteiger charge is 2.42. The number of rotatable bonds is 4. The Morgan fingerprint density at radius 2 is 2.04 bits per heavy atom. The van der Waals surface area contributed by atoms with Gasteiger partial charge in [0.15, 0.2) is 0 Å². The minimum Gasteiger partial charge on any atom is -0.245 e. The molecular weight excluding hydrogens is 288 g/mol. The van der Waals surface area contributed by atoms with E-state index in [-0.39, 0.29) is 10.5 Å². The van der Waals surface area contributed by atoms with Gasteiger partial charge in [0.25, 0.3) is 0 Å². The van der Waals surface area contributed by atoms with Crippen molar-refractivity contribution < 1.29 is 9.28 Å². The largest absolute Gasteiger partial charge is 0.439 e. The lowest BCUT2D eigenvalue weighted by molar-refractivity contribution is -0.684. The fourth-order valence-corrected chi connectivity index (χ4v) is 2.92. The number of benzene rings is 1. The van der Waals surface area contributed by atoms with E-state index in [2.05, 4.69) is 29.0 Å². The number of hydrogen-bond acceptors (Lipinski definition) is 3. The van der Waals surface area contributed by atoms with Crippen LogP contribution in [0.2, 0.25) is 0 Å². The first-order valence-corrected chi connectivity index (χ1v) is 7.86. The van der Waals surface area contributed by atoms with Crippen molar-refractivity contribution in [1.29, 1.82) is 0 Å². The van der Waals surface area contributed by atoms with E-state index < -0.39 is 0 Å². The number of carbonyl (C=O) groups excluding carboxylic acids is 1. The molecule has 1 aliphatic heterocycles. The minimum absolute atomic E-state index is 0.0576. The number of carbonyl (C=O) groups is 1. The number of aliphatic imine (C=N–C) groups is 1. The molecule has 2 heterocycles. The summed E-state index contributed by atoms with van der Waals surface area (Å²) < 4.78 is 1.61. The van der Waals surface area contributed by atoms with Crippen LogP contribution in [0.1, 0.15) is 25.3 Å². The zero-order valence-corrected chi connectivity index (χ0v) is 13.5. The second kappa shape index (κ2) is 6.30. The zero-order chi connectivity index (χ0) is 16.3. The van der Waals surface area contributed by atoms with Gasteiger partial charge in [-0.3, -0.25) is 0 Å². The third-order valence-electron chi connectivity index (χ3n) is 4.16. The van der Waals surface area contributed by atoms with E-state index in [0.29, 0.717) is 0 Å². The average Bonchev–Trinajstić information content (AvgIpc) is 3.20. The molecule has 1 atom stereocenters. The molecule has 23 heavy (non-hydrogen) atoms. The van der Waals surface area contributed by atoms with Gasteiger partial charge in [0, 0.05) is 25.2 Å². The summed E-state index contributed by atoms with van der Waals surface area (Å²) >= 11 is 0. The van der Waals surface area contributed by atoms with Gasteiger partial charge in [0.1, 0.15) is 17.7 Å². The maximum absolute atomic E-state index is 12.9. The summed E-state index contributed by atoms with van der Waals surface area (Å²) in [6.07, 6.45) is 9.15. The van der Waals surface area contributed by atoms with Crippen LogP contribution < -0.4 is 0 Å². The summed E-state index contributed by atoms with van der Waals surface area (Å²) in [6, 6.07) is 10.2. The Labute approximate surface area is 136 Å². The molecule has 0 fully saturated rings. The predicted molar refractivity (Wildman–Crippen MR) is 89.8 cm³/mol. The van der Waals surface area contributed by atoms with Crippen molar-refractivity contribution in [2.45, 2.75) is 26.2 Å². The van der Waals surface area contributed by atoms with Gasteiger partial charge in [-0.05, 0) is 12.0 Å². The van der Waals surface area contributed by atoms with Crippen molar-refractivity contribution in [3.63, 3.8) is 0 Å². The van der Waals surface area contributed by atoms with Crippen LogP contribution in [0.25, 0.3) is 0 Å². The third kappa shape index (κ3) is 2.87. The molecule has 0 saturated heterocycles. The van der Waals surface area contributed by atoms with E-state index in [0.717, 1.165) is 30.7 Å². The fourth-order valence-electron chi connectivity index (χ4n) is 2.92. The van der Waals surface area contributed by atoms with Gasteiger partial charge in [0.2, 0.25) is 6.34 Å². The molecule has 0 spiro atoms. The first kappa shape index (κ1) is 15.4. The maximum atomic E-state index is 12.9. The number of nitrogens with zero attached hydrogens (tertiary/aromatic N) is 4. The quantitative estimate of drug-likeness (QED) is 0.810. The Morgan fingerprint density at radius 1 is 1.26 bits per heavy atom. The van der Waals surface area contributed by atoms with Crippen LogP contribution in [0, 0.1) is 0 Å². The molecular formula is C18H21N4O+. The van der Waals surface area contributed by atoms with Gasteiger partial charge >= 0.3 is 6.03 Å². The first-order chi connectivity index (χ1) is 11.1. The van der Waals surface area contributed by atoms with E-state index in [1.165, 1.54) is 10.1 Å². The first-order valence-electron chi connectivity index (χ1n) is 7.86. The number of hydrogen-bond donors (Lipinski definition) is 0. The minimum atomic E-state index is -0.0576. The molecule has 1 aromatic heterocycles. The lowest BCUT2D eigenvalue weighted by atomic mass is 10.1. The van der Waals surface area contributed by atoms with E-state index in [4.69, 9.17) is 0 Å². The molecule has 0 radical (unpaired) electrons. The van der Waals surface area contributed by atoms with E-state index in [9.17, 15) is 4.79 Å². The molecule has 0 aliphatic carbocycles. The van der Waals surface area contributed by atoms with Crippen LogP contribution in [0.3, 0.4) is 0 Å². The van der Waals surface area contributed by atoms with Crippen LogP contribution in [0.15, 0.2) is 65.4 Å². The smallest absolute Gasteiger partial charge is 0.245 e. The molecule has 5 nitrogen and oxygen atoms in total. The Kier molecular flexibility index (Phi) is 4.21. The van der Waals surface area contributed by atoms with Gasteiger partial charge in [-0.25, -0.2) is 19.3 Å². The zero-order valence-electron chi connectivity index (χ0n) is 13.5. The molecule has 0 saturated carbocycles. The molecule has 5 heteroatoms. The monoisotopic (exact) mass is 309 g/mol. The topological polar surface area (TPSA) is 47.2 Å². The summed E-state index contributed by atoms with van der Waals surface area (Å²) in [6.45, 7) is 2.12. The highest BCUT2D eigenvalue weighted by molar-refractivity contribution is 5.80. The Hall–Kier alpha value is -2.53. The highest BCUT2D eigenvalue weighted by atomic mass is 16.2. The summed E-state index contributed by atoms with van der Waals surface area (Å²) in [4.78, 5) is 21.4. The van der Waals surface area contributed by atoms with E-state index in [1.54, 1.807) is 25.1 Å². The van der Waals surface area contributed by atoms with Gasteiger partial charge in [0.05, 0.1) is 7.05 Å². The van der Waals surface area contributed by atoms with Gasteiger partial charge in [-0.15, -0.1) is 0 Å². The molecule has 0 N–H and O–H groups in total. The SMILES string of the molecule is CCCC1=C(Cc2ccccc2)N=C[N+]1(C)C(=O)n1ccnc1. The van der Waals surface area contributed by atoms with Crippen LogP contribution in [0.5, 0.6) is 0 Å². The number of allylic oxidation sites excluding steroid dienone is 2. The Morgan fingerprint density at radius 3 is 2.70 bits per heavy atom. The van der Waals surface area contributed by atoms with Crippen molar-refractivity contribution in [1.82, 2.24) is 9.55 Å². The molecule has 1 aromatic carbocycles. The lowest BCUT2D eigenvalue weighted by Gasteiger charge is -2.25. The molecule has 118 valence electrons. The van der Waals surface area contributed by atoms with Gasteiger partial charge < -0.3 is 0 Å². The second-order valence-electron chi connectivity index (χ2n) is 5.88. The molecule has 1 unspecified atom stereocenters. The van der Waals surface area contributed by atoms with Crippen molar-refractivity contribution >= 4 is 12.4 Å². The molecule has 1 aliphatic rings. The van der Waals surface area contributed by atoms with Crippen molar-refractivity contribution in [3.05, 3.63) is 66.0 Å². The van der Waals surface area contributed by atoms with Gasteiger partial charge in [-0.1, -0.05) is 37.3 Å². The molecule has 2 aromatic rings. The number of imidazole rings is 1. The van der Waals surface area contributed by atoms with Crippen LogP contribution in [0.4, 0.5) is 4.79 Å². The second-order valence-corrected chi connectivity index (χ2v) is 5.88. The highest BCUT2D eigenvalue weighted by Crippen LogP contribution is 2.31. The molecule has 3 rings (SSSR count). The molecule has 1 amide bonds. The summed E-state index contributed by atoms with van der Waals surface area (Å²) in [5.74, 6) is 0. The van der Waals surface area contributed by atoms with Crippen molar-refractivity contribution in [3.8, 4) is 0 Å². The normalized spacial score (nSPS) is 20.3. The summed E-state index contributed by atoms with van der Waals surface area (Å²) in [5.41, 5.74) is 3.26.